The van der Waals surface area contributed by atoms with E-state index >= 15 is 0 Å². The van der Waals surface area contributed by atoms with Crippen LogP contribution in [0.1, 0.15) is 26.7 Å². The van der Waals surface area contributed by atoms with Gasteiger partial charge in [0, 0.05) is 25.5 Å². The molecular formula is C11H19N5. The minimum atomic E-state index is 1.09. The minimum Gasteiger partial charge on any atom is -0.359 e. The molecule has 1 aliphatic heterocycles. The highest BCUT2D eigenvalue weighted by Gasteiger charge is 2.08. The monoisotopic (exact) mass is 221 g/mol. The molecule has 0 spiro atoms. The molecule has 88 valence electrons. The van der Waals surface area contributed by atoms with Crippen molar-refractivity contribution in [2.24, 2.45) is 0 Å². The summed E-state index contributed by atoms with van der Waals surface area (Å²) < 4.78 is 0. The summed E-state index contributed by atoms with van der Waals surface area (Å²) in [5, 5.41) is 16.7. The summed E-state index contributed by atoms with van der Waals surface area (Å²) in [6.07, 6.45) is 9.78. The van der Waals surface area contributed by atoms with E-state index < -0.39 is 0 Å². The van der Waals surface area contributed by atoms with Crippen molar-refractivity contribution in [3.63, 3.8) is 0 Å². The van der Waals surface area contributed by atoms with Gasteiger partial charge in [-0.05, 0) is 13.3 Å². The van der Waals surface area contributed by atoms with Crippen molar-refractivity contribution >= 4 is 0 Å². The highest BCUT2D eigenvalue weighted by atomic mass is 15.3. The van der Waals surface area contributed by atoms with Crippen LogP contribution in [-0.4, -0.2) is 29.6 Å². The molecular weight excluding hydrogens is 202 g/mol. The fourth-order valence-corrected chi connectivity index (χ4v) is 1.25. The Balaban J connectivity index is 0.000000385. The molecule has 0 saturated carbocycles. The molecule has 1 N–H and O–H groups in total. The Morgan fingerprint density at radius 1 is 1.19 bits per heavy atom. The van der Waals surface area contributed by atoms with Crippen molar-refractivity contribution in [3.05, 3.63) is 12.4 Å². The van der Waals surface area contributed by atoms with Crippen LogP contribution in [0.2, 0.25) is 0 Å². The van der Waals surface area contributed by atoms with Crippen molar-refractivity contribution < 1.29 is 0 Å². The molecule has 0 amide bonds. The first-order valence-electron chi connectivity index (χ1n) is 5.48. The van der Waals surface area contributed by atoms with E-state index in [0.29, 0.717) is 0 Å². The van der Waals surface area contributed by atoms with E-state index in [1.165, 1.54) is 31.8 Å². The molecule has 16 heavy (non-hydrogen) atoms. The summed E-state index contributed by atoms with van der Waals surface area (Å²) in [6, 6.07) is 0. The number of nitriles is 2. The molecule has 0 saturated heterocycles. The fraction of sp³-hybridized carbons (Fsp3) is 0.636. The maximum atomic E-state index is 7.48. The molecule has 0 aromatic heterocycles. The molecule has 0 unspecified atom stereocenters. The quantitative estimate of drug-likeness (QED) is 0.574. The van der Waals surface area contributed by atoms with E-state index in [-0.39, 0.29) is 0 Å². The summed E-state index contributed by atoms with van der Waals surface area (Å²) in [5.41, 5.74) is 0. The summed E-state index contributed by atoms with van der Waals surface area (Å²) >= 11 is 0. The van der Waals surface area contributed by atoms with Crippen molar-refractivity contribution in [3.8, 4) is 12.4 Å². The van der Waals surface area contributed by atoms with Gasteiger partial charge in [-0.15, -0.1) is 0 Å². The van der Waals surface area contributed by atoms with Gasteiger partial charge in [-0.1, -0.05) is 13.3 Å². The SMILES string of the molecule is CCCCN1C=CN(CC)C1.N#CNC#N. The number of hydrogen-bond acceptors (Lipinski definition) is 5. The summed E-state index contributed by atoms with van der Waals surface area (Å²) in [4.78, 5) is 4.68. The maximum absolute atomic E-state index is 7.48. The second kappa shape index (κ2) is 9.67. The van der Waals surface area contributed by atoms with Gasteiger partial charge >= 0.3 is 0 Å². The van der Waals surface area contributed by atoms with Gasteiger partial charge in [0.2, 0.25) is 0 Å². The zero-order valence-electron chi connectivity index (χ0n) is 9.98. The van der Waals surface area contributed by atoms with Gasteiger partial charge in [-0.2, -0.15) is 10.5 Å². The fourth-order valence-electron chi connectivity index (χ4n) is 1.25. The summed E-state index contributed by atoms with van der Waals surface area (Å²) in [5.74, 6) is 0. The number of hydrogen-bond donors (Lipinski definition) is 1. The Morgan fingerprint density at radius 2 is 1.81 bits per heavy atom. The lowest BCUT2D eigenvalue weighted by molar-refractivity contribution is 0.270. The molecule has 1 aliphatic rings. The Hall–Kier alpha value is -1.88. The zero-order valence-corrected chi connectivity index (χ0v) is 9.98. The number of nitrogens with zero attached hydrogens (tertiary/aromatic N) is 4. The second-order valence-corrected chi connectivity index (χ2v) is 3.36. The van der Waals surface area contributed by atoms with E-state index in [9.17, 15) is 0 Å². The van der Waals surface area contributed by atoms with Crippen LogP contribution < -0.4 is 5.32 Å². The smallest absolute Gasteiger partial charge is 0.190 e. The van der Waals surface area contributed by atoms with Gasteiger partial charge in [0.25, 0.3) is 0 Å². The van der Waals surface area contributed by atoms with Crippen LogP contribution in [0.3, 0.4) is 0 Å². The topological polar surface area (TPSA) is 66.1 Å². The van der Waals surface area contributed by atoms with Gasteiger partial charge in [-0.3, -0.25) is 0 Å². The van der Waals surface area contributed by atoms with Crippen molar-refractivity contribution in [1.29, 1.82) is 10.5 Å². The largest absolute Gasteiger partial charge is 0.359 e. The van der Waals surface area contributed by atoms with Crippen LogP contribution >= 0.6 is 0 Å². The molecule has 0 bridgehead atoms. The van der Waals surface area contributed by atoms with E-state index in [1.54, 1.807) is 5.32 Å². The van der Waals surface area contributed by atoms with Crippen LogP contribution in [0, 0.1) is 22.9 Å². The van der Waals surface area contributed by atoms with Crippen molar-refractivity contribution in [1.82, 2.24) is 15.1 Å². The molecule has 0 fully saturated rings. The Kier molecular flexibility index (Phi) is 8.53. The van der Waals surface area contributed by atoms with Gasteiger partial charge in [-0.25, -0.2) is 5.32 Å². The number of rotatable bonds is 4. The van der Waals surface area contributed by atoms with Crippen LogP contribution in [0.15, 0.2) is 12.4 Å². The summed E-state index contributed by atoms with van der Waals surface area (Å²) in [7, 11) is 0. The Bertz CT molecular complexity index is 261. The third-order valence-electron chi connectivity index (χ3n) is 2.17. The lowest BCUT2D eigenvalue weighted by Gasteiger charge is -2.19. The third-order valence-corrected chi connectivity index (χ3v) is 2.17. The molecule has 0 atom stereocenters. The Labute approximate surface area is 97.6 Å². The highest BCUT2D eigenvalue weighted by Crippen LogP contribution is 2.06. The molecule has 0 radical (unpaired) electrons. The highest BCUT2D eigenvalue weighted by molar-refractivity contribution is 4.89. The van der Waals surface area contributed by atoms with Gasteiger partial charge in [0.05, 0.1) is 6.67 Å². The predicted octanol–water partition coefficient (Wildman–Crippen LogP) is 1.39. The standard InChI is InChI=1S/C9H18N2.C2HN3/c1-3-5-6-11-8-7-10(4-2)9-11;3-1-5-2-4/h7-8H,3-6,9H2,1-2H3;5H. The maximum Gasteiger partial charge on any atom is 0.190 e. The third kappa shape index (κ3) is 6.56. The lowest BCUT2D eigenvalue weighted by Crippen LogP contribution is -2.25. The number of unbranched alkanes of at least 4 members (excludes halogenated alkanes) is 1. The molecule has 5 nitrogen and oxygen atoms in total. The van der Waals surface area contributed by atoms with Crippen molar-refractivity contribution in [2.45, 2.75) is 26.7 Å². The first-order valence-corrected chi connectivity index (χ1v) is 5.48. The average molecular weight is 221 g/mol. The van der Waals surface area contributed by atoms with Crippen molar-refractivity contribution in [2.75, 3.05) is 19.8 Å². The van der Waals surface area contributed by atoms with Crippen LogP contribution in [0.5, 0.6) is 0 Å². The first kappa shape index (κ1) is 14.1. The van der Waals surface area contributed by atoms with Crippen LogP contribution in [-0.2, 0) is 0 Å². The molecule has 0 aromatic carbocycles. The normalized spacial score (nSPS) is 12.5. The van der Waals surface area contributed by atoms with E-state index in [1.807, 2.05) is 0 Å². The lowest BCUT2D eigenvalue weighted by atomic mass is 10.3. The van der Waals surface area contributed by atoms with Crippen LogP contribution in [0.4, 0.5) is 0 Å². The molecule has 1 rings (SSSR count). The number of nitrogens with one attached hydrogen (secondary N) is 1. The van der Waals surface area contributed by atoms with E-state index in [4.69, 9.17) is 10.5 Å². The second-order valence-electron chi connectivity index (χ2n) is 3.36. The zero-order chi connectivity index (χ0) is 12.2. The summed E-state index contributed by atoms with van der Waals surface area (Å²) in [6.45, 7) is 7.85. The average Bonchev–Trinajstić information content (AvgIpc) is 2.76. The molecule has 5 heteroatoms. The van der Waals surface area contributed by atoms with Crippen LogP contribution in [0.25, 0.3) is 0 Å². The predicted molar refractivity (Wildman–Crippen MR) is 62.4 cm³/mol. The van der Waals surface area contributed by atoms with E-state index in [0.717, 1.165) is 13.2 Å². The molecule has 0 aliphatic carbocycles. The van der Waals surface area contributed by atoms with Gasteiger partial charge in [0.1, 0.15) is 0 Å². The van der Waals surface area contributed by atoms with E-state index in [2.05, 4.69) is 36.0 Å². The Morgan fingerprint density at radius 3 is 2.19 bits per heavy atom. The van der Waals surface area contributed by atoms with Gasteiger partial charge in [0.15, 0.2) is 12.4 Å². The minimum absolute atomic E-state index is 1.09. The first-order chi connectivity index (χ1) is 7.78. The molecule has 0 aromatic rings. The van der Waals surface area contributed by atoms with Gasteiger partial charge < -0.3 is 9.80 Å². The molecule has 1 heterocycles.